The van der Waals surface area contributed by atoms with Crippen LogP contribution in [-0.2, 0) is 0 Å². The number of methoxy groups -OCH3 is 1. The molecular weight excluding hydrogens is 308 g/mol. The van der Waals surface area contributed by atoms with E-state index < -0.39 is 0 Å². The Labute approximate surface area is 147 Å². The molecule has 1 heterocycles. The molecule has 1 aliphatic rings. The number of benzene rings is 3. The summed E-state index contributed by atoms with van der Waals surface area (Å²) in [6, 6.07) is 28.2. The quantitative estimate of drug-likeness (QED) is 0.691. The minimum atomic E-state index is 0.723. The van der Waals surface area contributed by atoms with Crippen LogP contribution in [0, 0.1) is 0 Å². The smallest absolute Gasteiger partial charge is 0.160 e. The largest absolute Gasteiger partial charge is 0.497 e. The lowest BCUT2D eigenvalue weighted by molar-refractivity contribution is 0.415. The Kier molecular flexibility index (Phi) is 4.05. The van der Waals surface area contributed by atoms with E-state index in [1.165, 1.54) is 0 Å². The Morgan fingerprint density at radius 3 is 1.72 bits per heavy atom. The molecule has 0 amide bonds. The summed E-state index contributed by atoms with van der Waals surface area (Å²) in [4.78, 5) is 4.83. The number of aliphatic imine (C=N–C) groups is 1. The number of hydrogen-bond donors (Lipinski definition) is 0. The summed E-state index contributed by atoms with van der Waals surface area (Å²) in [6.45, 7) is 0. The van der Waals surface area contributed by atoms with Gasteiger partial charge in [0.05, 0.1) is 18.5 Å². The molecule has 1 aliphatic heterocycles. The first kappa shape index (κ1) is 15.2. The molecule has 0 aliphatic carbocycles. The second kappa shape index (κ2) is 6.65. The third-order valence-corrected chi connectivity index (χ3v) is 4.10. The highest BCUT2D eigenvalue weighted by Crippen LogP contribution is 2.32. The summed E-state index contributed by atoms with van der Waals surface area (Å²) in [5.41, 5.74) is 4.90. The zero-order valence-electron chi connectivity index (χ0n) is 13.9. The highest BCUT2D eigenvalue weighted by molar-refractivity contribution is 6.14. The lowest BCUT2D eigenvalue weighted by Crippen LogP contribution is -2.11. The maximum absolute atomic E-state index is 5.23. The van der Waals surface area contributed by atoms with Crippen LogP contribution in [0.5, 0.6) is 5.75 Å². The predicted molar refractivity (Wildman–Crippen MR) is 101 cm³/mol. The van der Waals surface area contributed by atoms with E-state index in [0.717, 1.165) is 39.7 Å². The Balaban J connectivity index is 1.77. The zero-order valence-corrected chi connectivity index (χ0v) is 13.9. The molecule has 0 saturated heterocycles. The molecule has 0 saturated carbocycles. The fraction of sp³-hybridized carbons (Fsp3) is 0.0455. The van der Waals surface area contributed by atoms with Gasteiger partial charge >= 0.3 is 0 Å². The molecule has 0 N–H and O–H groups in total. The maximum atomic E-state index is 5.23. The van der Waals surface area contributed by atoms with E-state index >= 15 is 0 Å². The van der Waals surface area contributed by atoms with Crippen molar-refractivity contribution in [2.24, 2.45) is 4.99 Å². The first-order valence-electron chi connectivity index (χ1n) is 8.15. The van der Waals surface area contributed by atoms with Crippen LogP contribution >= 0.6 is 0 Å². The average Bonchev–Trinajstić information content (AvgIpc) is 3.15. The third-order valence-electron chi connectivity index (χ3n) is 4.10. The van der Waals surface area contributed by atoms with Gasteiger partial charge in [-0.2, -0.15) is 0 Å². The van der Waals surface area contributed by atoms with Crippen LogP contribution in [0.3, 0.4) is 0 Å². The third kappa shape index (κ3) is 3.04. The summed E-state index contributed by atoms with van der Waals surface area (Å²) in [5.74, 6) is 1.54. The fourth-order valence-electron chi connectivity index (χ4n) is 2.81. The van der Waals surface area contributed by atoms with Crippen molar-refractivity contribution in [1.29, 1.82) is 0 Å². The Bertz CT molecular complexity index is 927. The van der Waals surface area contributed by atoms with E-state index in [0.29, 0.717) is 0 Å². The molecule has 121 valence electrons. The van der Waals surface area contributed by atoms with Gasteiger partial charge in [0.1, 0.15) is 5.75 Å². The number of nitrogens with zero attached hydrogens (tertiary/aromatic N) is 2. The molecule has 3 heteroatoms. The molecular formula is C22H17N2O. The SMILES string of the molecule is COc1ccc(C2=NC(c3ccccc3)=C(c3ccccc3)[N]2)cc1. The molecule has 3 aromatic rings. The van der Waals surface area contributed by atoms with Gasteiger partial charge in [-0.3, -0.25) is 0 Å². The normalized spacial score (nSPS) is 13.4. The molecule has 0 bridgehead atoms. The van der Waals surface area contributed by atoms with Crippen molar-refractivity contribution in [2.75, 3.05) is 7.11 Å². The average molecular weight is 325 g/mol. The molecule has 0 aromatic heterocycles. The summed E-state index contributed by atoms with van der Waals surface area (Å²) < 4.78 is 5.23. The molecule has 0 unspecified atom stereocenters. The summed E-state index contributed by atoms with van der Waals surface area (Å²) >= 11 is 0. The van der Waals surface area contributed by atoms with Gasteiger partial charge in [-0.25, -0.2) is 10.3 Å². The van der Waals surface area contributed by atoms with Gasteiger partial charge in [-0.05, 0) is 24.3 Å². The van der Waals surface area contributed by atoms with Crippen LogP contribution in [0.25, 0.3) is 11.4 Å². The molecule has 4 rings (SSSR count). The van der Waals surface area contributed by atoms with E-state index in [2.05, 4.69) is 24.3 Å². The van der Waals surface area contributed by atoms with E-state index in [-0.39, 0.29) is 0 Å². The van der Waals surface area contributed by atoms with Crippen molar-refractivity contribution in [3.05, 3.63) is 102 Å². The number of amidine groups is 1. The van der Waals surface area contributed by atoms with Crippen molar-refractivity contribution >= 4 is 17.2 Å². The Morgan fingerprint density at radius 2 is 1.16 bits per heavy atom. The summed E-state index contributed by atoms with van der Waals surface area (Å²) in [5, 5.41) is 4.83. The van der Waals surface area contributed by atoms with E-state index in [9.17, 15) is 0 Å². The van der Waals surface area contributed by atoms with Gasteiger partial charge < -0.3 is 4.74 Å². The van der Waals surface area contributed by atoms with Crippen molar-refractivity contribution in [3.8, 4) is 5.75 Å². The van der Waals surface area contributed by atoms with Crippen LogP contribution in [0.1, 0.15) is 16.7 Å². The van der Waals surface area contributed by atoms with Crippen LogP contribution < -0.4 is 10.1 Å². The monoisotopic (exact) mass is 325 g/mol. The van der Waals surface area contributed by atoms with Crippen LogP contribution in [0.4, 0.5) is 0 Å². The second-order valence-corrected chi connectivity index (χ2v) is 5.70. The van der Waals surface area contributed by atoms with Gasteiger partial charge in [-0.1, -0.05) is 60.7 Å². The lowest BCUT2D eigenvalue weighted by atomic mass is 10.1. The van der Waals surface area contributed by atoms with E-state index in [1.807, 2.05) is 60.7 Å². The molecule has 0 fully saturated rings. The highest BCUT2D eigenvalue weighted by atomic mass is 16.5. The molecule has 1 radical (unpaired) electrons. The topological polar surface area (TPSA) is 35.7 Å². The summed E-state index contributed by atoms with van der Waals surface area (Å²) in [7, 11) is 1.66. The highest BCUT2D eigenvalue weighted by Gasteiger charge is 2.22. The molecule has 0 atom stereocenters. The number of hydrogen-bond acceptors (Lipinski definition) is 2. The second-order valence-electron chi connectivity index (χ2n) is 5.70. The number of rotatable bonds is 4. The van der Waals surface area contributed by atoms with E-state index in [4.69, 9.17) is 15.0 Å². The van der Waals surface area contributed by atoms with Gasteiger partial charge in [0.25, 0.3) is 0 Å². The van der Waals surface area contributed by atoms with Gasteiger partial charge in [0.2, 0.25) is 0 Å². The Morgan fingerprint density at radius 1 is 0.600 bits per heavy atom. The van der Waals surface area contributed by atoms with Crippen LogP contribution in [-0.4, -0.2) is 12.9 Å². The first-order valence-corrected chi connectivity index (χ1v) is 8.15. The Hall–Kier alpha value is -3.33. The van der Waals surface area contributed by atoms with Crippen molar-refractivity contribution in [1.82, 2.24) is 5.32 Å². The lowest BCUT2D eigenvalue weighted by Gasteiger charge is -2.06. The molecule has 25 heavy (non-hydrogen) atoms. The van der Waals surface area contributed by atoms with Crippen LogP contribution in [0.2, 0.25) is 0 Å². The maximum Gasteiger partial charge on any atom is 0.160 e. The van der Waals surface area contributed by atoms with Crippen molar-refractivity contribution in [3.63, 3.8) is 0 Å². The minimum Gasteiger partial charge on any atom is -0.497 e. The molecule has 0 spiro atoms. The molecule has 3 nitrogen and oxygen atoms in total. The standard InChI is InChI=1S/C22H17N2O/c1-25-19-14-12-18(13-15-19)22-23-20(16-8-4-2-5-9-16)21(24-22)17-10-6-3-7-11-17/h2-15H,1H3. The summed E-state index contributed by atoms with van der Waals surface area (Å²) in [6.07, 6.45) is 0. The zero-order chi connectivity index (χ0) is 17.1. The van der Waals surface area contributed by atoms with Gasteiger partial charge in [0.15, 0.2) is 5.84 Å². The van der Waals surface area contributed by atoms with Crippen molar-refractivity contribution in [2.45, 2.75) is 0 Å². The van der Waals surface area contributed by atoms with Gasteiger partial charge in [-0.15, -0.1) is 0 Å². The predicted octanol–water partition coefficient (Wildman–Crippen LogP) is 4.59. The van der Waals surface area contributed by atoms with Crippen LogP contribution in [0.15, 0.2) is 89.9 Å². The van der Waals surface area contributed by atoms with Gasteiger partial charge in [0, 0.05) is 16.7 Å². The first-order chi connectivity index (χ1) is 12.3. The fourth-order valence-corrected chi connectivity index (χ4v) is 2.81. The number of ether oxygens (including phenoxy) is 1. The van der Waals surface area contributed by atoms with Crippen molar-refractivity contribution < 1.29 is 4.74 Å². The van der Waals surface area contributed by atoms with E-state index in [1.54, 1.807) is 7.11 Å². The minimum absolute atomic E-state index is 0.723. The molecule has 3 aromatic carbocycles.